The molecule has 0 aliphatic heterocycles. The van der Waals surface area contributed by atoms with Crippen LogP contribution in [0.15, 0.2) is 12.1 Å². The van der Waals surface area contributed by atoms with E-state index in [1.807, 2.05) is 12.1 Å². The smallest absolute Gasteiger partial charge is 0.145 e. The Labute approximate surface area is 126 Å². The Kier molecular flexibility index (Phi) is 4.69. The average Bonchev–Trinajstić information content (AvgIpc) is 2.41. The summed E-state index contributed by atoms with van der Waals surface area (Å²) in [6.45, 7) is 4.68. The van der Waals surface area contributed by atoms with Gasteiger partial charge in [0.2, 0.25) is 0 Å². The highest BCUT2D eigenvalue weighted by Crippen LogP contribution is 2.39. The fourth-order valence-corrected chi connectivity index (χ4v) is 2.98. The van der Waals surface area contributed by atoms with E-state index in [-0.39, 0.29) is 0 Å². The normalized spacial score (nSPS) is 18.6. The summed E-state index contributed by atoms with van der Waals surface area (Å²) >= 11 is 6.20. The lowest BCUT2D eigenvalue weighted by atomic mass is 9.75. The molecule has 0 bridgehead atoms. The second-order valence-corrected chi connectivity index (χ2v) is 6.68. The Bertz CT molecular complexity index is 464. The molecule has 3 nitrogen and oxygen atoms in total. The molecular formula is C16H24ClNO2. The Morgan fingerprint density at radius 1 is 1.10 bits per heavy atom. The van der Waals surface area contributed by atoms with E-state index in [1.54, 1.807) is 14.2 Å². The summed E-state index contributed by atoms with van der Waals surface area (Å²) in [5.41, 5.74) is 1.42. The Hall–Kier alpha value is -1.09. The molecule has 112 valence electrons. The summed E-state index contributed by atoms with van der Waals surface area (Å²) in [6.07, 6.45) is 4.85. The van der Waals surface area contributed by atoms with Crippen LogP contribution in [-0.4, -0.2) is 20.3 Å². The highest BCUT2D eigenvalue weighted by Gasteiger charge is 2.27. The Morgan fingerprint density at radius 2 is 1.70 bits per heavy atom. The summed E-state index contributed by atoms with van der Waals surface area (Å²) in [4.78, 5) is 0. The van der Waals surface area contributed by atoms with E-state index < -0.39 is 0 Å². The number of methoxy groups -OCH3 is 2. The zero-order valence-corrected chi connectivity index (χ0v) is 13.5. The van der Waals surface area contributed by atoms with Gasteiger partial charge in [-0.05, 0) is 37.2 Å². The summed E-state index contributed by atoms with van der Waals surface area (Å²) in [5, 5.41) is 4.17. The molecule has 0 spiro atoms. The molecule has 0 heterocycles. The first-order valence-corrected chi connectivity index (χ1v) is 7.51. The molecule has 0 aromatic heterocycles. The predicted octanol–water partition coefficient (Wildman–Crippen LogP) is 4.74. The van der Waals surface area contributed by atoms with Crippen molar-refractivity contribution in [3.8, 4) is 11.5 Å². The quantitative estimate of drug-likeness (QED) is 0.871. The zero-order valence-electron chi connectivity index (χ0n) is 12.8. The maximum Gasteiger partial charge on any atom is 0.145 e. The van der Waals surface area contributed by atoms with Crippen molar-refractivity contribution in [2.24, 2.45) is 5.41 Å². The molecule has 1 N–H and O–H groups in total. The first kappa shape index (κ1) is 15.3. The zero-order chi connectivity index (χ0) is 14.8. The van der Waals surface area contributed by atoms with Crippen LogP contribution in [0.3, 0.4) is 0 Å². The molecule has 2 rings (SSSR count). The molecule has 1 fully saturated rings. The van der Waals surface area contributed by atoms with Gasteiger partial charge >= 0.3 is 0 Å². The van der Waals surface area contributed by atoms with E-state index in [4.69, 9.17) is 21.1 Å². The minimum absolute atomic E-state index is 0.472. The summed E-state index contributed by atoms with van der Waals surface area (Å²) in [7, 11) is 3.27. The predicted molar refractivity (Wildman–Crippen MR) is 84.2 cm³/mol. The van der Waals surface area contributed by atoms with Gasteiger partial charge in [0.1, 0.15) is 11.5 Å². The number of rotatable bonds is 4. The molecule has 1 aliphatic carbocycles. The van der Waals surface area contributed by atoms with E-state index in [1.165, 1.54) is 25.7 Å². The molecule has 4 heteroatoms. The molecule has 1 saturated carbocycles. The lowest BCUT2D eigenvalue weighted by Gasteiger charge is -2.35. The number of nitrogens with one attached hydrogen (secondary N) is 1. The van der Waals surface area contributed by atoms with Crippen molar-refractivity contribution in [1.82, 2.24) is 0 Å². The number of halogens is 1. The van der Waals surface area contributed by atoms with Gasteiger partial charge in [-0.15, -0.1) is 0 Å². The van der Waals surface area contributed by atoms with Crippen LogP contribution in [0.5, 0.6) is 11.5 Å². The third-order valence-corrected chi connectivity index (χ3v) is 4.47. The number of benzene rings is 1. The third kappa shape index (κ3) is 3.51. The molecule has 0 atom stereocenters. The minimum atomic E-state index is 0.472. The van der Waals surface area contributed by atoms with E-state index >= 15 is 0 Å². The van der Waals surface area contributed by atoms with Crippen molar-refractivity contribution in [2.75, 3.05) is 19.5 Å². The van der Waals surface area contributed by atoms with Gasteiger partial charge in [-0.25, -0.2) is 0 Å². The van der Waals surface area contributed by atoms with E-state index in [2.05, 4.69) is 19.2 Å². The number of ether oxygens (including phenoxy) is 2. The molecule has 0 radical (unpaired) electrons. The van der Waals surface area contributed by atoms with Gasteiger partial charge in [-0.3, -0.25) is 0 Å². The molecule has 0 unspecified atom stereocenters. The molecule has 20 heavy (non-hydrogen) atoms. The fourth-order valence-electron chi connectivity index (χ4n) is 2.74. The largest absolute Gasteiger partial charge is 0.495 e. The van der Waals surface area contributed by atoms with E-state index in [0.29, 0.717) is 22.2 Å². The molecule has 0 saturated heterocycles. The highest BCUT2D eigenvalue weighted by molar-refractivity contribution is 6.32. The highest BCUT2D eigenvalue weighted by atomic mass is 35.5. The van der Waals surface area contributed by atoms with Gasteiger partial charge in [0.15, 0.2) is 0 Å². The standard InChI is InChI=1S/C16H24ClNO2/c1-16(2)7-5-11(6-8-16)18-13-9-12(17)14(19-3)10-15(13)20-4/h9-11,18H,5-8H2,1-4H3. The first-order valence-electron chi connectivity index (χ1n) is 7.13. The van der Waals surface area contributed by atoms with Gasteiger partial charge in [-0.2, -0.15) is 0 Å². The summed E-state index contributed by atoms with van der Waals surface area (Å²) in [5.74, 6) is 1.41. The van der Waals surface area contributed by atoms with Gasteiger partial charge in [0.25, 0.3) is 0 Å². The van der Waals surface area contributed by atoms with Crippen LogP contribution < -0.4 is 14.8 Å². The minimum Gasteiger partial charge on any atom is -0.495 e. The Morgan fingerprint density at radius 3 is 2.25 bits per heavy atom. The van der Waals surface area contributed by atoms with Gasteiger partial charge in [-0.1, -0.05) is 25.4 Å². The van der Waals surface area contributed by atoms with Crippen molar-refractivity contribution in [1.29, 1.82) is 0 Å². The monoisotopic (exact) mass is 297 g/mol. The second kappa shape index (κ2) is 6.13. The summed E-state index contributed by atoms with van der Waals surface area (Å²) < 4.78 is 10.6. The second-order valence-electron chi connectivity index (χ2n) is 6.27. The lowest BCUT2D eigenvalue weighted by Crippen LogP contribution is -2.30. The average molecular weight is 298 g/mol. The van der Waals surface area contributed by atoms with Crippen molar-refractivity contribution in [3.63, 3.8) is 0 Å². The van der Waals surface area contributed by atoms with Crippen molar-refractivity contribution in [2.45, 2.75) is 45.6 Å². The van der Waals surface area contributed by atoms with Crippen molar-refractivity contribution >= 4 is 17.3 Å². The fraction of sp³-hybridized carbons (Fsp3) is 0.625. The van der Waals surface area contributed by atoms with Gasteiger partial charge in [0, 0.05) is 12.1 Å². The van der Waals surface area contributed by atoms with Crippen LogP contribution in [0.25, 0.3) is 0 Å². The summed E-state index contributed by atoms with van der Waals surface area (Å²) in [6, 6.07) is 4.21. The molecule has 1 aliphatic rings. The number of anilines is 1. The number of hydrogen-bond acceptors (Lipinski definition) is 3. The Balaban J connectivity index is 2.11. The van der Waals surface area contributed by atoms with Crippen LogP contribution in [-0.2, 0) is 0 Å². The molecular weight excluding hydrogens is 274 g/mol. The van der Waals surface area contributed by atoms with Crippen molar-refractivity contribution in [3.05, 3.63) is 17.2 Å². The van der Waals surface area contributed by atoms with Crippen LogP contribution in [0, 0.1) is 5.41 Å². The molecule has 0 amide bonds. The first-order chi connectivity index (χ1) is 9.45. The molecule has 1 aromatic rings. The molecule has 1 aromatic carbocycles. The SMILES string of the molecule is COc1cc(OC)c(NC2CCC(C)(C)CC2)cc1Cl. The number of hydrogen-bond donors (Lipinski definition) is 1. The maximum absolute atomic E-state index is 6.20. The van der Waals surface area contributed by atoms with E-state index in [9.17, 15) is 0 Å². The van der Waals surface area contributed by atoms with Crippen LogP contribution in [0.1, 0.15) is 39.5 Å². The van der Waals surface area contributed by atoms with E-state index in [0.717, 1.165) is 11.4 Å². The van der Waals surface area contributed by atoms with Crippen LogP contribution in [0.2, 0.25) is 5.02 Å². The van der Waals surface area contributed by atoms with Gasteiger partial charge < -0.3 is 14.8 Å². The van der Waals surface area contributed by atoms with Crippen LogP contribution in [0.4, 0.5) is 5.69 Å². The van der Waals surface area contributed by atoms with Crippen molar-refractivity contribution < 1.29 is 9.47 Å². The van der Waals surface area contributed by atoms with Gasteiger partial charge in [0.05, 0.1) is 24.9 Å². The lowest BCUT2D eigenvalue weighted by molar-refractivity contribution is 0.232. The topological polar surface area (TPSA) is 30.5 Å². The van der Waals surface area contributed by atoms with Crippen LogP contribution >= 0.6 is 11.6 Å². The third-order valence-electron chi connectivity index (χ3n) is 4.17. The maximum atomic E-state index is 6.20.